The van der Waals surface area contributed by atoms with Crippen molar-refractivity contribution in [3.63, 3.8) is 0 Å². The lowest BCUT2D eigenvalue weighted by Crippen LogP contribution is -2.51. The molecule has 1 fully saturated rings. The van der Waals surface area contributed by atoms with Crippen LogP contribution in [0.4, 0.5) is 0 Å². The molecule has 21 heavy (non-hydrogen) atoms. The Morgan fingerprint density at radius 2 is 1.86 bits per heavy atom. The van der Waals surface area contributed by atoms with Gasteiger partial charge < -0.3 is 5.73 Å². The van der Waals surface area contributed by atoms with Crippen LogP contribution in [0.25, 0.3) is 10.8 Å². The van der Waals surface area contributed by atoms with Crippen molar-refractivity contribution in [3.05, 3.63) is 42.5 Å². The van der Waals surface area contributed by atoms with Gasteiger partial charge in [0.25, 0.3) is 0 Å². The second-order valence-electron chi connectivity index (χ2n) is 6.75. The van der Waals surface area contributed by atoms with Crippen molar-refractivity contribution in [1.29, 1.82) is 0 Å². The highest BCUT2D eigenvalue weighted by atomic mass is 32.2. The van der Waals surface area contributed by atoms with Crippen LogP contribution in [0.3, 0.4) is 0 Å². The van der Waals surface area contributed by atoms with Gasteiger partial charge in [0.05, 0.1) is 16.0 Å². The minimum atomic E-state index is -1.03. The number of benzene rings is 2. The van der Waals surface area contributed by atoms with Gasteiger partial charge >= 0.3 is 0 Å². The lowest BCUT2D eigenvalue weighted by atomic mass is 9.73. The lowest BCUT2D eigenvalue weighted by Gasteiger charge is -2.41. The molecule has 3 heteroatoms. The molecule has 0 radical (unpaired) electrons. The van der Waals surface area contributed by atoms with Gasteiger partial charge in [0.1, 0.15) is 0 Å². The first-order chi connectivity index (χ1) is 9.99. The Balaban J connectivity index is 1.93. The van der Waals surface area contributed by atoms with Crippen LogP contribution >= 0.6 is 0 Å². The molecule has 0 bridgehead atoms. The molecule has 2 N–H and O–H groups in total. The summed E-state index contributed by atoms with van der Waals surface area (Å²) in [6.45, 7) is 4.39. The molecule has 3 atom stereocenters. The summed E-state index contributed by atoms with van der Waals surface area (Å²) in [5, 5.41) is 2.40. The first-order valence-electron chi connectivity index (χ1n) is 7.64. The van der Waals surface area contributed by atoms with Gasteiger partial charge in [-0.15, -0.1) is 0 Å². The Hall–Kier alpha value is -1.19. The van der Waals surface area contributed by atoms with Crippen LogP contribution in [-0.2, 0) is 10.8 Å². The van der Waals surface area contributed by atoms with E-state index in [2.05, 4.69) is 38.1 Å². The van der Waals surface area contributed by atoms with Crippen molar-refractivity contribution in [2.24, 2.45) is 11.1 Å². The van der Waals surface area contributed by atoms with Gasteiger partial charge in [0.15, 0.2) is 0 Å². The van der Waals surface area contributed by atoms with Crippen LogP contribution in [0, 0.1) is 5.41 Å². The normalized spacial score (nSPS) is 26.6. The van der Waals surface area contributed by atoms with Gasteiger partial charge in [0, 0.05) is 10.9 Å². The summed E-state index contributed by atoms with van der Waals surface area (Å²) in [6.07, 6.45) is 3.20. The average Bonchev–Trinajstić information content (AvgIpc) is 2.49. The SMILES string of the molecule is CC1(C)CCCC(S(=O)c2ccc3ccccc3c2)C1N. The highest BCUT2D eigenvalue weighted by Gasteiger charge is 2.39. The van der Waals surface area contributed by atoms with Gasteiger partial charge in [0.2, 0.25) is 0 Å². The monoisotopic (exact) mass is 301 g/mol. The first-order valence-corrected chi connectivity index (χ1v) is 8.85. The molecule has 0 saturated heterocycles. The van der Waals surface area contributed by atoms with Crippen LogP contribution in [0.5, 0.6) is 0 Å². The van der Waals surface area contributed by atoms with E-state index in [-0.39, 0.29) is 16.7 Å². The smallest absolute Gasteiger partial charge is 0.0576 e. The zero-order chi connectivity index (χ0) is 15.0. The fourth-order valence-electron chi connectivity index (χ4n) is 3.32. The van der Waals surface area contributed by atoms with Crippen molar-refractivity contribution in [2.75, 3.05) is 0 Å². The van der Waals surface area contributed by atoms with Crippen LogP contribution in [-0.4, -0.2) is 15.5 Å². The van der Waals surface area contributed by atoms with Crippen LogP contribution in [0.15, 0.2) is 47.4 Å². The molecule has 0 amide bonds. The molecule has 3 rings (SSSR count). The van der Waals surface area contributed by atoms with E-state index in [9.17, 15) is 4.21 Å². The third-order valence-electron chi connectivity index (χ3n) is 4.84. The third kappa shape index (κ3) is 2.77. The van der Waals surface area contributed by atoms with E-state index in [1.807, 2.05) is 18.2 Å². The van der Waals surface area contributed by atoms with Crippen molar-refractivity contribution in [2.45, 2.75) is 49.3 Å². The molecule has 0 heterocycles. The fourth-order valence-corrected chi connectivity index (χ4v) is 5.13. The van der Waals surface area contributed by atoms with E-state index >= 15 is 0 Å². The molecular weight excluding hydrogens is 278 g/mol. The second-order valence-corrected chi connectivity index (χ2v) is 8.42. The Kier molecular flexibility index (Phi) is 3.89. The Morgan fingerprint density at radius 1 is 1.14 bits per heavy atom. The van der Waals surface area contributed by atoms with Crippen molar-refractivity contribution in [1.82, 2.24) is 0 Å². The third-order valence-corrected chi connectivity index (χ3v) is 6.64. The lowest BCUT2D eigenvalue weighted by molar-refractivity contribution is 0.206. The quantitative estimate of drug-likeness (QED) is 0.915. The standard InChI is InChI=1S/C18H23NOS/c1-18(2)11-5-8-16(17(18)19)21(20)15-10-9-13-6-3-4-7-14(13)12-15/h3-4,6-7,9-10,12,16-17H,5,8,11,19H2,1-2H3. The number of hydrogen-bond donors (Lipinski definition) is 1. The first kappa shape index (κ1) is 14.7. The Morgan fingerprint density at radius 3 is 2.62 bits per heavy atom. The summed E-state index contributed by atoms with van der Waals surface area (Å²) >= 11 is 0. The molecule has 2 aromatic carbocycles. The molecule has 112 valence electrons. The Bertz CT molecular complexity index is 680. The molecular formula is C18H23NOS. The number of rotatable bonds is 2. The summed E-state index contributed by atoms with van der Waals surface area (Å²) < 4.78 is 13.0. The zero-order valence-electron chi connectivity index (χ0n) is 12.7. The van der Waals surface area contributed by atoms with Gasteiger partial charge in [-0.05, 0) is 41.2 Å². The van der Waals surface area contributed by atoms with Gasteiger partial charge in [-0.3, -0.25) is 4.21 Å². The average molecular weight is 301 g/mol. The van der Waals surface area contributed by atoms with E-state index in [1.54, 1.807) is 0 Å². The predicted molar refractivity (Wildman–Crippen MR) is 89.8 cm³/mol. The maximum atomic E-state index is 13.0. The summed E-state index contributed by atoms with van der Waals surface area (Å²) in [4.78, 5) is 0.909. The maximum absolute atomic E-state index is 13.0. The maximum Gasteiger partial charge on any atom is 0.0576 e. The number of nitrogens with two attached hydrogens (primary N) is 1. The summed E-state index contributed by atoms with van der Waals surface area (Å²) in [7, 11) is -1.03. The molecule has 0 aromatic heterocycles. The molecule has 0 spiro atoms. The molecule has 1 saturated carbocycles. The van der Waals surface area contributed by atoms with Gasteiger partial charge in [-0.2, -0.15) is 0 Å². The molecule has 3 unspecified atom stereocenters. The predicted octanol–water partition coefficient (Wildman–Crippen LogP) is 3.85. The van der Waals surface area contributed by atoms with E-state index in [1.165, 1.54) is 5.39 Å². The second kappa shape index (κ2) is 5.54. The van der Waals surface area contributed by atoms with Crippen molar-refractivity contribution >= 4 is 21.6 Å². The van der Waals surface area contributed by atoms with E-state index in [4.69, 9.17) is 5.73 Å². The van der Waals surface area contributed by atoms with Gasteiger partial charge in [-0.1, -0.05) is 50.6 Å². The molecule has 1 aliphatic rings. The van der Waals surface area contributed by atoms with Crippen molar-refractivity contribution < 1.29 is 4.21 Å². The minimum absolute atomic E-state index is 0.00134. The van der Waals surface area contributed by atoms with Crippen molar-refractivity contribution in [3.8, 4) is 0 Å². The van der Waals surface area contributed by atoms with E-state index in [0.29, 0.717) is 0 Å². The highest BCUT2D eigenvalue weighted by Crippen LogP contribution is 2.38. The summed E-state index contributed by atoms with van der Waals surface area (Å²) in [5.41, 5.74) is 6.49. The minimum Gasteiger partial charge on any atom is -0.326 e. The zero-order valence-corrected chi connectivity index (χ0v) is 13.5. The van der Waals surface area contributed by atoms with Gasteiger partial charge in [-0.25, -0.2) is 0 Å². The number of hydrogen-bond acceptors (Lipinski definition) is 2. The molecule has 1 aliphatic carbocycles. The highest BCUT2D eigenvalue weighted by molar-refractivity contribution is 7.85. The Labute approximate surface area is 129 Å². The molecule has 2 nitrogen and oxygen atoms in total. The van der Waals surface area contributed by atoms with E-state index < -0.39 is 10.8 Å². The number of fused-ring (bicyclic) bond motifs is 1. The topological polar surface area (TPSA) is 43.1 Å². The van der Waals surface area contributed by atoms with Crippen LogP contribution in [0.1, 0.15) is 33.1 Å². The van der Waals surface area contributed by atoms with E-state index in [0.717, 1.165) is 29.5 Å². The molecule has 0 aliphatic heterocycles. The largest absolute Gasteiger partial charge is 0.326 e. The van der Waals surface area contributed by atoms with Crippen LogP contribution < -0.4 is 5.73 Å². The molecule has 2 aromatic rings. The fraction of sp³-hybridized carbons (Fsp3) is 0.444. The van der Waals surface area contributed by atoms with Crippen LogP contribution in [0.2, 0.25) is 0 Å². The summed E-state index contributed by atoms with van der Waals surface area (Å²) in [6, 6.07) is 14.3. The summed E-state index contributed by atoms with van der Waals surface area (Å²) in [5.74, 6) is 0.